The van der Waals surface area contributed by atoms with Crippen molar-refractivity contribution in [3.8, 4) is 12.3 Å². The van der Waals surface area contributed by atoms with E-state index in [0.717, 1.165) is 19.6 Å². The lowest BCUT2D eigenvalue weighted by molar-refractivity contribution is 0.133. The van der Waals surface area contributed by atoms with E-state index in [1.165, 1.54) is 11.1 Å². The lowest BCUT2D eigenvalue weighted by Gasteiger charge is -2.13. The highest BCUT2D eigenvalue weighted by Gasteiger charge is 2.04. The van der Waals surface area contributed by atoms with Gasteiger partial charge in [0, 0.05) is 13.2 Å². The standard InChI is InChI=1S/C15H21NO/c1-4-15(5-2)16-11-13-9-7-8-10-14(13)12-17-6-3/h1,7-10,15-16H,5-6,11-12H2,2-3H3. The van der Waals surface area contributed by atoms with Gasteiger partial charge in [0.1, 0.15) is 0 Å². The first-order valence-corrected chi connectivity index (χ1v) is 6.15. The Morgan fingerprint density at radius 3 is 2.59 bits per heavy atom. The highest BCUT2D eigenvalue weighted by Crippen LogP contribution is 2.10. The van der Waals surface area contributed by atoms with Crippen molar-refractivity contribution in [2.24, 2.45) is 0 Å². The smallest absolute Gasteiger partial charge is 0.0719 e. The number of hydrogen-bond acceptors (Lipinski definition) is 2. The molecule has 0 aliphatic rings. The fourth-order valence-electron chi connectivity index (χ4n) is 1.64. The van der Waals surface area contributed by atoms with Crippen LogP contribution in [0, 0.1) is 12.3 Å². The van der Waals surface area contributed by atoms with Crippen LogP contribution >= 0.6 is 0 Å². The maximum Gasteiger partial charge on any atom is 0.0719 e. The molecule has 2 nitrogen and oxygen atoms in total. The Morgan fingerprint density at radius 2 is 2.00 bits per heavy atom. The molecule has 0 amide bonds. The van der Waals surface area contributed by atoms with Crippen LogP contribution in [0.2, 0.25) is 0 Å². The average Bonchev–Trinajstić information content (AvgIpc) is 2.38. The Bertz CT molecular complexity index is 367. The summed E-state index contributed by atoms with van der Waals surface area (Å²) in [4.78, 5) is 0. The van der Waals surface area contributed by atoms with E-state index in [1.54, 1.807) is 0 Å². The van der Waals surface area contributed by atoms with Crippen LogP contribution in [0.3, 0.4) is 0 Å². The molecule has 0 aliphatic carbocycles. The van der Waals surface area contributed by atoms with Gasteiger partial charge in [-0.1, -0.05) is 37.1 Å². The van der Waals surface area contributed by atoms with Gasteiger partial charge in [-0.25, -0.2) is 0 Å². The number of rotatable bonds is 7. The normalized spacial score (nSPS) is 12.1. The Kier molecular flexibility index (Phi) is 6.39. The zero-order valence-corrected chi connectivity index (χ0v) is 10.7. The first-order valence-electron chi connectivity index (χ1n) is 6.15. The third-order valence-corrected chi connectivity index (χ3v) is 2.73. The van der Waals surface area contributed by atoms with Crippen molar-refractivity contribution < 1.29 is 4.74 Å². The van der Waals surface area contributed by atoms with E-state index in [9.17, 15) is 0 Å². The number of benzene rings is 1. The predicted molar refractivity (Wildman–Crippen MR) is 71.5 cm³/mol. The first-order chi connectivity index (χ1) is 8.31. The van der Waals surface area contributed by atoms with Crippen molar-refractivity contribution in [2.75, 3.05) is 6.61 Å². The molecule has 0 saturated carbocycles. The molecule has 1 aromatic rings. The van der Waals surface area contributed by atoms with Gasteiger partial charge >= 0.3 is 0 Å². The lowest BCUT2D eigenvalue weighted by Crippen LogP contribution is -2.26. The molecule has 1 unspecified atom stereocenters. The van der Waals surface area contributed by atoms with Gasteiger partial charge in [0.05, 0.1) is 12.6 Å². The van der Waals surface area contributed by atoms with Gasteiger partial charge in [-0.3, -0.25) is 5.32 Å². The second kappa shape index (κ2) is 7.89. The molecular formula is C15H21NO. The summed E-state index contributed by atoms with van der Waals surface area (Å²) in [5, 5.41) is 3.36. The van der Waals surface area contributed by atoms with E-state index in [4.69, 9.17) is 11.2 Å². The second-order valence-electron chi connectivity index (χ2n) is 3.91. The van der Waals surface area contributed by atoms with E-state index in [1.807, 2.05) is 19.1 Å². The Balaban J connectivity index is 2.60. The van der Waals surface area contributed by atoms with Crippen LogP contribution in [0.25, 0.3) is 0 Å². The molecule has 1 aromatic carbocycles. The third kappa shape index (κ3) is 4.60. The minimum absolute atomic E-state index is 0.148. The van der Waals surface area contributed by atoms with E-state index in [-0.39, 0.29) is 6.04 Å². The van der Waals surface area contributed by atoms with Crippen molar-refractivity contribution in [3.63, 3.8) is 0 Å². The quantitative estimate of drug-likeness (QED) is 0.729. The fraction of sp³-hybridized carbons (Fsp3) is 0.467. The topological polar surface area (TPSA) is 21.3 Å². The summed E-state index contributed by atoms with van der Waals surface area (Å²) in [7, 11) is 0. The van der Waals surface area contributed by atoms with Gasteiger partial charge in [-0.2, -0.15) is 0 Å². The molecule has 0 radical (unpaired) electrons. The second-order valence-corrected chi connectivity index (χ2v) is 3.91. The molecular weight excluding hydrogens is 210 g/mol. The molecule has 0 heterocycles. The summed E-state index contributed by atoms with van der Waals surface area (Å²) in [5.41, 5.74) is 2.49. The molecule has 1 N–H and O–H groups in total. The minimum Gasteiger partial charge on any atom is -0.377 e. The number of nitrogens with one attached hydrogen (secondary N) is 1. The SMILES string of the molecule is C#CC(CC)NCc1ccccc1COCC. The molecule has 92 valence electrons. The maximum absolute atomic E-state index is 5.45. The fourth-order valence-corrected chi connectivity index (χ4v) is 1.64. The van der Waals surface area contributed by atoms with Crippen LogP contribution in [-0.2, 0) is 17.9 Å². The molecule has 2 heteroatoms. The van der Waals surface area contributed by atoms with Crippen LogP contribution in [0.15, 0.2) is 24.3 Å². The van der Waals surface area contributed by atoms with Crippen LogP contribution < -0.4 is 5.32 Å². The van der Waals surface area contributed by atoms with E-state index in [2.05, 4.69) is 30.3 Å². The van der Waals surface area contributed by atoms with Crippen molar-refractivity contribution in [1.82, 2.24) is 5.32 Å². The zero-order valence-electron chi connectivity index (χ0n) is 10.7. The average molecular weight is 231 g/mol. The molecule has 1 atom stereocenters. The first kappa shape index (κ1) is 13.8. The number of terminal acetylenes is 1. The summed E-state index contributed by atoms with van der Waals surface area (Å²) >= 11 is 0. The van der Waals surface area contributed by atoms with Gasteiger partial charge in [-0.05, 0) is 24.5 Å². The van der Waals surface area contributed by atoms with Gasteiger partial charge in [0.25, 0.3) is 0 Å². The van der Waals surface area contributed by atoms with Crippen LogP contribution in [0.1, 0.15) is 31.4 Å². The zero-order chi connectivity index (χ0) is 12.5. The van der Waals surface area contributed by atoms with E-state index in [0.29, 0.717) is 6.61 Å². The van der Waals surface area contributed by atoms with Crippen molar-refractivity contribution in [2.45, 2.75) is 39.5 Å². The van der Waals surface area contributed by atoms with E-state index >= 15 is 0 Å². The monoisotopic (exact) mass is 231 g/mol. The highest BCUT2D eigenvalue weighted by molar-refractivity contribution is 5.26. The van der Waals surface area contributed by atoms with E-state index < -0.39 is 0 Å². The highest BCUT2D eigenvalue weighted by atomic mass is 16.5. The van der Waals surface area contributed by atoms with Crippen LogP contribution in [0.4, 0.5) is 0 Å². The van der Waals surface area contributed by atoms with Gasteiger partial charge in [-0.15, -0.1) is 6.42 Å². The molecule has 1 rings (SSSR count). The molecule has 0 fully saturated rings. The maximum atomic E-state index is 5.45. The molecule has 0 saturated heterocycles. The molecule has 0 bridgehead atoms. The van der Waals surface area contributed by atoms with Crippen molar-refractivity contribution >= 4 is 0 Å². The molecule has 0 spiro atoms. The summed E-state index contributed by atoms with van der Waals surface area (Å²) < 4.78 is 5.45. The molecule has 0 aromatic heterocycles. The van der Waals surface area contributed by atoms with Gasteiger partial charge < -0.3 is 4.74 Å². The third-order valence-electron chi connectivity index (χ3n) is 2.73. The number of ether oxygens (including phenoxy) is 1. The molecule has 17 heavy (non-hydrogen) atoms. The number of hydrogen-bond donors (Lipinski definition) is 1. The summed E-state index contributed by atoms with van der Waals surface area (Å²) in [6.07, 6.45) is 6.38. The summed E-state index contributed by atoms with van der Waals surface area (Å²) in [5.74, 6) is 2.74. The largest absolute Gasteiger partial charge is 0.377 e. The summed E-state index contributed by atoms with van der Waals surface area (Å²) in [6, 6.07) is 8.45. The summed E-state index contributed by atoms with van der Waals surface area (Å²) in [6.45, 7) is 6.30. The Hall–Kier alpha value is -1.30. The van der Waals surface area contributed by atoms with Crippen molar-refractivity contribution in [1.29, 1.82) is 0 Å². The minimum atomic E-state index is 0.148. The lowest BCUT2D eigenvalue weighted by atomic mass is 10.1. The van der Waals surface area contributed by atoms with Crippen LogP contribution in [0.5, 0.6) is 0 Å². The Labute approximate surface area is 104 Å². The Morgan fingerprint density at radius 1 is 1.29 bits per heavy atom. The van der Waals surface area contributed by atoms with Crippen LogP contribution in [-0.4, -0.2) is 12.6 Å². The van der Waals surface area contributed by atoms with Gasteiger partial charge in [0.15, 0.2) is 0 Å². The molecule has 0 aliphatic heterocycles. The van der Waals surface area contributed by atoms with Crippen molar-refractivity contribution in [3.05, 3.63) is 35.4 Å². The van der Waals surface area contributed by atoms with Gasteiger partial charge in [0.2, 0.25) is 0 Å². The predicted octanol–water partition coefficient (Wildman–Crippen LogP) is 2.72.